The van der Waals surface area contributed by atoms with Gasteiger partial charge in [0.1, 0.15) is 5.75 Å². The minimum atomic E-state index is -0.210. The molecule has 1 aromatic rings. The van der Waals surface area contributed by atoms with Crippen LogP contribution in [0.4, 0.5) is 11.4 Å². The lowest BCUT2D eigenvalue weighted by Crippen LogP contribution is -2.39. The number of hydrogen-bond donors (Lipinski definition) is 2. The topological polar surface area (TPSA) is 84.7 Å². The standard InChI is InChI=1S/C16H23N3O3.ClH/c1-22-14-8-7-12(10-13(14)17)18-15(20)11-19-9-5-3-2-4-6-16(19)21;/h7-8,10H,2-6,9,11,17H2,1H3,(H,18,20);1H. The number of methoxy groups -OCH3 is 1. The van der Waals surface area contributed by atoms with Crippen molar-refractivity contribution in [1.29, 1.82) is 0 Å². The van der Waals surface area contributed by atoms with Gasteiger partial charge < -0.3 is 20.7 Å². The lowest BCUT2D eigenvalue weighted by molar-refractivity contribution is -0.135. The largest absolute Gasteiger partial charge is 0.495 e. The van der Waals surface area contributed by atoms with Crippen molar-refractivity contribution in [2.75, 3.05) is 31.2 Å². The van der Waals surface area contributed by atoms with Crippen LogP contribution in [0.2, 0.25) is 0 Å². The number of amides is 2. The van der Waals surface area contributed by atoms with Crippen LogP contribution >= 0.6 is 12.4 Å². The van der Waals surface area contributed by atoms with Crippen LogP contribution in [0, 0.1) is 0 Å². The van der Waals surface area contributed by atoms with E-state index in [1.54, 1.807) is 23.1 Å². The Morgan fingerprint density at radius 3 is 2.74 bits per heavy atom. The molecule has 1 fully saturated rings. The summed E-state index contributed by atoms with van der Waals surface area (Å²) >= 11 is 0. The summed E-state index contributed by atoms with van der Waals surface area (Å²) in [4.78, 5) is 25.8. The summed E-state index contributed by atoms with van der Waals surface area (Å²) in [7, 11) is 1.54. The Bertz CT molecular complexity index is 551. The number of anilines is 2. The third-order valence-electron chi connectivity index (χ3n) is 3.77. The van der Waals surface area contributed by atoms with E-state index in [9.17, 15) is 9.59 Å². The molecule has 128 valence electrons. The smallest absolute Gasteiger partial charge is 0.243 e. The number of ether oxygens (including phenoxy) is 1. The molecule has 0 radical (unpaired) electrons. The van der Waals surface area contributed by atoms with Gasteiger partial charge in [0.2, 0.25) is 11.8 Å². The van der Waals surface area contributed by atoms with Crippen LogP contribution in [-0.2, 0) is 9.59 Å². The number of nitrogens with one attached hydrogen (secondary N) is 1. The van der Waals surface area contributed by atoms with Gasteiger partial charge in [-0.3, -0.25) is 9.59 Å². The van der Waals surface area contributed by atoms with Crippen LogP contribution in [0.5, 0.6) is 5.75 Å². The van der Waals surface area contributed by atoms with E-state index in [2.05, 4.69) is 5.32 Å². The van der Waals surface area contributed by atoms with E-state index >= 15 is 0 Å². The van der Waals surface area contributed by atoms with Gasteiger partial charge in [0.05, 0.1) is 19.3 Å². The molecule has 0 atom stereocenters. The number of rotatable bonds is 4. The predicted molar refractivity (Wildman–Crippen MR) is 92.9 cm³/mol. The fourth-order valence-electron chi connectivity index (χ4n) is 2.57. The second-order valence-electron chi connectivity index (χ2n) is 5.48. The third-order valence-corrected chi connectivity index (χ3v) is 3.77. The molecule has 1 aliphatic heterocycles. The van der Waals surface area contributed by atoms with E-state index in [1.807, 2.05) is 0 Å². The number of nitrogen functional groups attached to an aromatic ring is 1. The third kappa shape index (κ3) is 5.63. The van der Waals surface area contributed by atoms with E-state index < -0.39 is 0 Å². The SMILES string of the molecule is COc1ccc(NC(=O)CN2CCCCCCC2=O)cc1N.Cl. The average Bonchev–Trinajstić information content (AvgIpc) is 2.47. The van der Waals surface area contributed by atoms with E-state index in [4.69, 9.17) is 10.5 Å². The van der Waals surface area contributed by atoms with Crippen molar-refractivity contribution in [2.24, 2.45) is 0 Å². The maximum absolute atomic E-state index is 12.1. The van der Waals surface area contributed by atoms with Gasteiger partial charge in [0.15, 0.2) is 0 Å². The van der Waals surface area contributed by atoms with Gasteiger partial charge in [0, 0.05) is 18.7 Å². The van der Waals surface area contributed by atoms with E-state index in [0.717, 1.165) is 25.7 Å². The predicted octanol–water partition coefficient (Wildman–Crippen LogP) is 2.43. The highest BCUT2D eigenvalue weighted by Gasteiger charge is 2.18. The Labute approximate surface area is 142 Å². The van der Waals surface area contributed by atoms with Crippen LogP contribution < -0.4 is 15.8 Å². The monoisotopic (exact) mass is 341 g/mol. The maximum atomic E-state index is 12.1. The molecule has 0 spiro atoms. The van der Waals surface area contributed by atoms with Gasteiger partial charge in [-0.25, -0.2) is 0 Å². The molecule has 0 aliphatic carbocycles. The molecule has 1 heterocycles. The van der Waals surface area contributed by atoms with Gasteiger partial charge in [-0.2, -0.15) is 0 Å². The Hall–Kier alpha value is -1.95. The van der Waals surface area contributed by atoms with E-state index in [1.165, 1.54) is 7.11 Å². The van der Waals surface area contributed by atoms with Crippen molar-refractivity contribution in [3.05, 3.63) is 18.2 Å². The van der Waals surface area contributed by atoms with E-state index in [-0.39, 0.29) is 30.8 Å². The molecule has 1 saturated heterocycles. The zero-order valence-electron chi connectivity index (χ0n) is 13.3. The molecule has 0 unspecified atom stereocenters. The summed E-state index contributed by atoms with van der Waals surface area (Å²) in [6, 6.07) is 5.07. The van der Waals surface area contributed by atoms with Crippen LogP contribution in [0.25, 0.3) is 0 Å². The number of benzene rings is 1. The first-order valence-corrected chi connectivity index (χ1v) is 7.61. The van der Waals surface area contributed by atoms with Gasteiger partial charge in [-0.05, 0) is 31.0 Å². The second-order valence-corrected chi connectivity index (χ2v) is 5.48. The van der Waals surface area contributed by atoms with Crippen LogP contribution in [-0.4, -0.2) is 36.9 Å². The Morgan fingerprint density at radius 2 is 2.04 bits per heavy atom. The van der Waals surface area contributed by atoms with Crippen molar-refractivity contribution in [3.8, 4) is 5.75 Å². The number of carbonyl (C=O) groups is 2. The molecule has 1 aliphatic rings. The zero-order chi connectivity index (χ0) is 15.9. The number of hydrogen-bond acceptors (Lipinski definition) is 4. The first-order valence-electron chi connectivity index (χ1n) is 7.61. The summed E-state index contributed by atoms with van der Waals surface area (Å²) in [5.74, 6) is 0.416. The van der Waals surface area contributed by atoms with Crippen molar-refractivity contribution in [1.82, 2.24) is 4.90 Å². The van der Waals surface area contributed by atoms with Crippen LogP contribution in [0.15, 0.2) is 18.2 Å². The van der Waals surface area contributed by atoms with E-state index in [0.29, 0.717) is 30.1 Å². The van der Waals surface area contributed by atoms with Gasteiger partial charge in [-0.1, -0.05) is 12.8 Å². The van der Waals surface area contributed by atoms with Crippen molar-refractivity contribution in [3.63, 3.8) is 0 Å². The highest BCUT2D eigenvalue weighted by molar-refractivity contribution is 5.95. The molecule has 23 heavy (non-hydrogen) atoms. The zero-order valence-corrected chi connectivity index (χ0v) is 14.2. The average molecular weight is 342 g/mol. The molecular formula is C16H24ClN3O3. The molecule has 2 rings (SSSR count). The fourth-order valence-corrected chi connectivity index (χ4v) is 2.57. The van der Waals surface area contributed by atoms with Crippen molar-refractivity contribution < 1.29 is 14.3 Å². The Kier molecular flexibility index (Phi) is 7.68. The fraction of sp³-hybridized carbons (Fsp3) is 0.500. The van der Waals surface area contributed by atoms with Crippen molar-refractivity contribution in [2.45, 2.75) is 32.1 Å². The molecule has 0 aromatic heterocycles. The molecular weight excluding hydrogens is 318 g/mol. The Balaban J connectivity index is 0.00000264. The van der Waals surface area contributed by atoms with Gasteiger partial charge >= 0.3 is 0 Å². The number of likely N-dealkylation sites (tertiary alicyclic amines) is 1. The van der Waals surface area contributed by atoms with Gasteiger partial charge in [-0.15, -0.1) is 12.4 Å². The number of nitrogens with zero attached hydrogens (tertiary/aromatic N) is 1. The minimum absolute atomic E-state index is 0. The van der Waals surface area contributed by atoms with Crippen LogP contribution in [0.3, 0.4) is 0 Å². The first-order chi connectivity index (χ1) is 10.6. The maximum Gasteiger partial charge on any atom is 0.243 e. The normalized spacial score (nSPS) is 15.2. The number of carbonyl (C=O) groups excluding carboxylic acids is 2. The Morgan fingerprint density at radius 1 is 1.30 bits per heavy atom. The van der Waals surface area contributed by atoms with Crippen molar-refractivity contribution >= 4 is 35.6 Å². The quantitative estimate of drug-likeness (QED) is 0.824. The molecule has 1 aromatic carbocycles. The lowest BCUT2D eigenvalue weighted by Gasteiger charge is -2.24. The summed E-state index contributed by atoms with van der Waals surface area (Å²) in [5, 5.41) is 2.77. The van der Waals surface area contributed by atoms with Gasteiger partial charge in [0.25, 0.3) is 0 Å². The first kappa shape index (κ1) is 19.1. The highest BCUT2D eigenvalue weighted by atomic mass is 35.5. The number of nitrogens with two attached hydrogens (primary N) is 1. The van der Waals surface area contributed by atoms with Crippen LogP contribution in [0.1, 0.15) is 32.1 Å². The second kappa shape index (κ2) is 9.25. The summed E-state index contributed by atoms with van der Waals surface area (Å²) < 4.78 is 5.08. The summed E-state index contributed by atoms with van der Waals surface area (Å²) in [6.07, 6.45) is 4.60. The molecule has 0 saturated carbocycles. The molecule has 3 N–H and O–H groups in total. The molecule has 2 amide bonds. The molecule has 6 nitrogen and oxygen atoms in total. The number of halogens is 1. The molecule has 7 heteroatoms. The molecule has 0 bridgehead atoms. The lowest BCUT2D eigenvalue weighted by atomic mass is 10.1. The summed E-state index contributed by atoms with van der Waals surface area (Å²) in [5.41, 5.74) is 6.87. The minimum Gasteiger partial charge on any atom is -0.495 e. The highest BCUT2D eigenvalue weighted by Crippen LogP contribution is 2.24. The summed E-state index contributed by atoms with van der Waals surface area (Å²) in [6.45, 7) is 0.738.